The van der Waals surface area contributed by atoms with Gasteiger partial charge in [0.05, 0.1) is 0 Å². The van der Waals surface area contributed by atoms with E-state index in [-0.39, 0.29) is 40.6 Å². The third-order valence-corrected chi connectivity index (χ3v) is 1.66. The second-order valence-corrected chi connectivity index (χ2v) is 2.76. The summed E-state index contributed by atoms with van der Waals surface area (Å²) in [6.45, 7) is 2.76. The SMILES string of the molecule is O=C(O)/C=C\C(=O)ON1CCNCC1.[Ca+2].[H-].[H-]. The molecule has 0 saturated carbocycles. The molecule has 1 rings (SSSR count). The molecular weight excluding hydrogens is 228 g/mol. The molecule has 1 heterocycles. The number of hydrogen-bond acceptors (Lipinski definition) is 5. The summed E-state index contributed by atoms with van der Waals surface area (Å²) < 4.78 is 0. The number of carbonyl (C=O) groups excluding carboxylic acids is 1. The average Bonchev–Trinajstić information content (AvgIpc) is 2.16. The van der Waals surface area contributed by atoms with Crippen LogP contribution in [0.4, 0.5) is 0 Å². The molecule has 0 aromatic carbocycles. The van der Waals surface area contributed by atoms with Crippen LogP contribution in [0.25, 0.3) is 0 Å². The molecular formula is C8H14CaN2O4. The van der Waals surface area contributed by atoms with Gasteiger partial charge in [0.1, 0.15) is 0 Å². The minimum atomic E-state index is -1.16. The zero-order valence-corrected chi connectivity index (χ0v) is 10.5. The van der Waals surface area contributed by atoms with Crippen molar-refractivity contribution in [3.05, 3.63) is 12.2 Å². The Balaban J connectivity index is -0.000000653. The molecule has 0 aliphatic carbocycles. The fraction of sp³-hybridized carbons (Fsp3) is 0.500. The van der Waals surface area contributed by atoms with E-state index < -0.39 is 11.9 Å². The van der Waals surface area contributed by atoms with Crippen LogP contribution >= 0.6 is 0 Å². The van der Waals surface area contributed by atoms with Gasteiger partial charge in [-0.2, -0.15) is 0 Å². The fourth-order valence-corrected chi connectivity index (χ4v) is 1.03. The number of aliphatic carboxylic acids is 1. The van der Waals surface area contributed by atoms with Gasteiger partial charge in [0.2, 0.25) is 0 Å². The molecule has 0 spiro atoms. The number of hydrogen-bond donors (Lipinski definition) is 2. The van der Waals surface area contributed by atoms with Gasteiger partial charge in [0.25, 0.3) is 0 Å². The summed E-state index contributed by atoms with van der Waals surface area (Å²) in [7, 11) is 0. The second kappa shape index (κ2) is 8.06. The van der Waals surface area contributed by atoms with Crippen molar-refractivity contribution in [3.63, 3.8) is 0 Å². The zero-order chi connectivity index (χ0) is 10.4. The number of hydroxylamine groups is 2. The van der Waals surface area contributed by atoms with Crippen molar-refractivity contribution in [3.8, 4) is 0 Å². The summed E-state index contributed by atoms with van der Waals surface area (Å²) in [4.78, 5) is 25.9. The molecule has 6 nitrogen and oxygen atoms in total. The molecule has 0 amide bonds. The van der Waals surface area contributed by atoms with Gasteiger partial charge < -0.3 is 18.1 Å². The molecule has 1 saturated heterocycles. The van der Waals surface area contributed by atoms with Crippen molar-refractivity contribution in [1.29, 1.82) is 0 Å². The monoisotopic (exact) mass is 242 g/mol. The number of carboxylic acids is 1. The number of carbonyl (C=O) groups is 2. The molecule has 1 aliphatic heterocycles. The van der Waals surface area contributed by atoms with Gasteiger partial charge in [-0.3, -0.25) is 0 Å². The quantitative estimate of drug-likeness (QED) is 0.480. The Morgan fingerprint density at radius 2 is 1.93 bits per heavy atom. The van der Waals surface area contributed by atoms with Crippen LogP contribution in [-0.2, 0) is 14.4 Å². The topological polar surface area (TPSA) is 78.9 Å². The number of carboxylic acid groups (broad SMARTS) is 1. The van der Waals surface area contributed by atoms with E-state index >= 15 is 0 Å². The molecule has 0 atom stereocenters. The maximum Gasteiger partial charge on any atom is 2.00 e. The normalized spacial score (nSPS) is 17.1. The fourth-order valence-electron chi connectivity index (χ4n) is 1.03. The molecule has 0 radical (unpaired) electrons. The number of nitrogens with one attached hydrogen (secondary N) is 1. The minimum Gasteiger partial charge on any atom is -1.00 e. The van der Waals surface area contributed by atoms with Crippen LogP contribution < -0.4 is 5.32 Å². The molecule has 0 aromatic heterocycles. The van der Waals surface area contributed by atoms with Crippen molar-refractivity contribution in [2.24, 2.45) is 0 Å². The van der Waals surface area contributed by atoms with Crippen LogP contribution in [0, 0.1) is 0 Å². The standard InChI is InChI=1S/C8H12N2O4.Ca.2H/c11-7(12)1-2-8(13)14-10-5-3-9-4-6-10;;;/h1-2,9H,3-6H2,(H,11,12);;;/q;+2;2*-1/b2-1-;;;. The molecule has 82 valence electrons. The molecule has 0 bridgehead atoms. The zero-order valence-electron chi connectivity index (χ0n) is 10.3. The first-order chi connectivity index (χ1) is 6.68. The van der Waals surface area contributed by atoms with Crippen LogP contribution in [0.15, 0.2) is 12.2 Å². The van der Waals surface area contributed by atoms with E-state index in [0.717, 1.165) is 25.2 Å². The van der Waals surface area contributed by atoms with E-state index in [1.807, 2.05) is 0 Å². The smallest absolute Gasteiger partial charge is 1.00 e. The molecule has 1 aliphatic rings. The number of nitrogens with zero attached hydrogens (tertiary/aromatic N) is 1. The summed E-state index contributed by atoms with van der Waals surface area (Å²) in [6.07, 6.45) is 1.65. The van der Waals surface area contributed by atoms with Crippen molar-refractivity contribution in [2.75, 3.05) is 26.2 Å². The number of piperazine rings is 1. The maximum atomic E-state index is 11.0. The Morgan fingerprint density at radius 3 is 2.47 bits per heavy atom. The Hall–Kier alpha value is -0.140. The van der Waals surface area contributed by atoms with Crippen LogP contribution in [0.5, 0.6) is 0 Å². The summed E-state index contributed by atoms with van der Waals surface area (Å²) in [5.74, 6) is -1.82. The first kappa shape index (κ1) is 14.9. The van der Waals surface area contributed by atoms with Crippen molar-refractivity contribution in [2.45, 2.75) is 0 Å². The Kier molecular flexibility index (Phi) is 7.99. The Morgan fingerprint density at radius 1 is 1.33 bits per heavy atom. The molecule has 7 heteroatoms. The number of rotatable bonds is 3. The Labute approximate surface area is 120 Å². The van der Waals surface area contributed by atoms with E-state index in [2.05, 4.69) is 5.32 Å². The van der Waals surface area contributed by atoms with Crippen molar-refractivity contribution >= 4 is 49.7 Å². The van der Waals surface area contributed by atoms with E-state index in [4.69, 9.17) is 9.94 Å². The van der Waals surface area contributed by atoms with E-state index in [1.54, 1.807) is 0 Å². The maximum absolute atomic E-state index is 11.0. The summed E-state index contributed by atoms with van der Waals surface area (Å²) in [5, 5.41) is 12.8. The van der Waals surface area contributed by atoms with Crippen LogP contribution in [0.3, 0.4) is 0 Å². The van der Waals surface area contributed by atoms with Crippen LogP contribution in [0.1, 0.15) is 2.85 Å². The average molecular weight is 242 g/mol. The molecule has 0 unspecified atom stereocenters. The minimum absolute atomic E-state index is 0. The van der Waals surface area contributed by atoms with Gasteiger partial charge in [-0.1, -0.05) is 0 Å². The van der Waals surface area contributed by atoms with Crippen LogP contribution in [0.2, 0.25) is 0 Å². The van der Waals surface area contributed by atoms with Crippen molar-refractivity contribution in [1.82, 2.24) is 10.4 Å². The van der Waals surface area contributed by atoms with Gasteiger partial charge in [0.15, 0.2) is 0 Å². The molecule has 0 aromatic rings. The molecule has 2 N–H and O–H groups in total. The van der Waals surface area contributed by atoms with E-state index in [9.17, 15) is 9.59 Å². The largest absolute Gasteiger partial charge is 2.00 e. The summed E-state index contributed by atoms with van der Waals surface area (Å²) >= 11 is 0. The van der Waals surface area contributed by atoms with Gasteiger partial charge in [-0.05, 0) is 0 Å². The third-order valence-electron chi connectivity index (χ3n) is 1.66. The first-order valence-electron chi connectivity index (χ1n) is 4.27. The first-order valence-corrected chi connectivity index (χ1v) is 4.27. The van der Waals surface area contributed by atoms with Gasteiger partial charge in [0, 0.05) is 38.3 Å². The van der Waals surface area contributed by atoms with Gasteiger partial charge >= 0.3 is 49.7 Å². The molecule has 1 fully saturated rings. The third kappa shape index (κ3) is 6.86. The van der Waals surface area contributed by atoms with Gasteiger partial charge in [-0.25, -0.2) is 9.59 Å². The predicted molar refractivity (Wildman–Crippen MR) is 55.3 cm³/mol. The van der Waals surface area contributed by atoms with E-state index in [1.165, 1.54) is 5.06 Å². The summed E-state index contributed by atoms with van der Waals surface area (Å²) in [6, 6.07) is 0. The predicted octanol–water partition coefficient (Wildman–Crippen LogP) is -1.17. The second-order valence-electron chi connectivity index (χ2n) is 2.76. The van der Waals surface area contributed by atoms with E-state index in [0.29, 0.717) is 13.1 Å². The Bertz CT molecular complexity index is 260. The molecule has 15 heavy (non-hydrogen) atoms. The summed E-state index contributed by atoms with van der Waals surface area (Å²) in [5.41, 5.74) is 0. The van der Waals surface area contributed by atoms with Crippen molar-refractivity contribution < 1.29 is 22.4 Å². The van der Waals surface area contributed by atoms with Gasteiger partial charge in [-0.15, -0.1) is 5.06 Å². The van der Waals surface area contributed by atoms with Crippen LogP contribution in [-0.4, -0.2) is 86.0 Å².